The maximum atomic E-state index is 8.88. The smallest absolute Gasteiger partial charge is 0.126 e. The molecule has 0 amide bonds. The van der Waals surface area contributed by atoms with E-state index < -0.39 is 0 Å². The summed E-state index contributed by atoms with van der Waals surface area (Å²) in [5, 5.41) is 8.88. The molecule has 0 aliphatic rings. The second-order valence-corrected chi connectivity index (χ2v) is 4.97. The van der Waals surface area contributed by atoms with Crippen LogP contribution in [0.25, 0.3) is 0 Å². The largest absolute Gasteiger partial charge is 1.00 e. The standard InChI is InChI=1S/C8H16N.C5H12NO.BrH.ClH/c1-5-7-9(3,4)8-6-2;1-4-5-6(2,3)7;;/h5-6H,1-2,7-8H2,3-4H3;4,7H,1,5H2,2-3H3;2*1H/q2*+1;;/p-2. The molecule has 5 heteroatoms. The topological polar surface area (TPSA) is 20.2 Å². The predicted molar refractivity (Wildman–Crippen MR) is 71.2 cm³/mol. The molecule has 0 rings (SSSR count). The summed E-state index contributed by atoms with van der Waals surface area (Å²) in [5.41, 5.74) is 0. The molecule has 0 saturated heterocycles. The molecule has 0 unspecified atom stereocenters. The zero-order chi connectivity index (χ0) is 13.2. The van der Waals surface area contributed by atoms with Crippen LogP contribution >= 0.6 is 0 Å². The van der Waals surface area contributed by atoms with Crippen molar-refractivity contribution in [1.82, 2.24) is 0 Å². The second kappa shape index (κ2) is 13.3. The van der Waals surface area contributed by atoms with E-state index in [1.165, 1.54) is 0 Å². The molecule has 0 radical (unpaired) electrons. The van der Waals surface area contributed by atoms with Gasteiger partial charge in [-0.15, -0.1) is 0 Å². The third kappa shape index (κ3) is 24.9. The molecule has 0 aliphatic heterocycles. The Bertz CT molecular complexity index is 214. The Morgan fingerprint density at radius 2 is 1.11 bits per heavy atom. The van der Waals surface area contributed by atoms with Crippen molar-refractivity contribution >= 4 is 0 Å². The molecular formula is C13H28BrClN2O. The third-order valence-electron chi connectivity index (χ3n) is 1.82. The van der Waals surface area contributed by atoms with Crippen LogP contribution in [0.1, 0.15) is 0 Å². The quantitative estimate of drug-likeness (QED) is 0.297. The molecule has 0 bridgehead atoms. The number of rotatable bonds is 6. The first-order valence-electron chi connectivity index (χ1n) is 5.39. The maximum Gasteiger partial charge on any atom is 0.126 e. The zero-order valence-corrected chi connectivity index (χ0v) is 14.4. The van der Waals surface area contributed by atoms with E-state index in [0.717, 1.165) is 17.6 Å². The molecule has 0 atom stereocenters. The Morgan fingerprint density at radius 1 is 0.833 bits per heavy atom. The summed E-state index contributed by atoms with van der Waals surface area (Å²) in [6.07, 6.45) is 5.55. The molecule has 0 aromatic rings. The molecule has 0 aliphatic carbocycles. The minimum Gasteiger partial charge on any atom is -1.00 e. The highest BCUT2D eigenvalue weighted by molar-refractivity contribution is 4.69. The van der Waals surface area contributed by atoms with Gasteiger partial charge in [0.1, 0.15) is 6.54 Å². The minimum absolute atomic E-state index is 0. The van der Waals surface area contributed by atoms with Gasteiger partial charge in [-0.3, -0.25) is 0 Å². The van der Waals surface area contributed by atoms with Gasteiger partial charge in [-0.2, -0.15) is 4.65 Å². The molecule has 0 saturated carbocycles. The Labute approximate surface area is 129 Å². The number of hydrogen-bond acceptors (Lipinski definition) is 1. The van der Waals surface area contributed by atoms with Gasteiger partial charge in [0.05, 0.1) is 41.3 Å². The molecule has 1 N–H and O–H groups in total. The van der Waals surface area contributed by atoms with Crippen molar-refractivity contribution in [3.63, 3.8) is 0 Å². The fourth-order valence-electron chi connectivity index (χ4n) is 1.09. The summed E-state index contributed by atoms with van der Waals surface area (Å²) in [6, 6.07) is 0. The lowest BCUT2D eigenvalue weighted by molar-refractivity contribution is -1.07. The third-order valence-corrected chi connectivity index (χ3v) is 1.82. The van der Waals surface area contributed by atoms with Crippen molar-refractivity contribution in [2.45, 2.75) is 0 Å². The van der Waals surface area contributed by atoms with Crippen LogP contribution in [0.5, 0.6) is 0 Å². The first-order valence-corrected chi connectivity index (χ1v) is 5.39. The lowest BCUT2D eigenvalue weighted by atomic mass is 10.4. The van der Waals surface area contributed by atoms with Crippen molar-refractivity contribution in [2.24, 2.45) is 0 Å². The van der Waals surface area contributed by atoms with E-state index in [2.05, 4.69) is 33.8 Å². The lowest BCUT2D eigenvalue weighted by Gasteiger charge is -2.26. The van der Waals surface area contributed by atoms with Gasteiger partial charge in [0, 0.05) is 0 Å². The highest BCUT2D eigenvalue weighted by Crippen LogP contribution is 1.95. The van der Waals surface area contributed by atoms with Gasteiger partial charge < -0.3 is 33.9 Å². The Hall–Kier alpha value is -0.130. The molecule has 3 nitrogen and oxygen atoms in total. The van der Waals surface area contributed by atoms with Crippen LogP contribution in [0.3, 0.4) is 0 Å². The van der Waals surface area contributed by atoms with Gasteiger partial charge in [0.25, 0.3) is 0 Å². The normalized spacial score (nSPS) is 9.83. The van der Waals surface area contributed by atoms with E-state index in [1.807, 2.05) is 12.2 Å². The summed E-state index contributed by atoms with van der Waals surface area (Å²) < 4.78 is 0.927. The van der Waals surface area contributed by atoms with Crippen LogP contribution in [0.2, 0.25) is 0 Å². The van der Waals surface area contributed by atoms with E-state index >= 15 is 0 Å². The number of hydroxylamine groups is 3. The first kappa shape index (κ1) is 26.4. The van der Waals surface area contributed by atoms with Crippen molar-refractivity contribution in [3.8, 4) is 0 Å². The van der Waals surface area contributed by atoms with E-state index in [4.69, 9.17) is 5.21 Å². The molecule has 0 aromatic heterocycles. The number of nitrogens with zero attached hydrogens (tertiary/aromatic N) is 2. The van der Waals surface area contributed by atoms with Crippen LogP contribution in [0.4, 0.5) is 0 Å². The van der Waals surface area contributed by atoms with Crippen molar-refractivity contribution in [3.05, 3.63) is 38.0 Å². The average molecular weight is 344 g/mol. The number of halogens is 2. The van der Waals surface area contributed by atoms with Crippen molar-refractivity contribution in [2.75, 3.05) is 47.8 Å². The summed E-state index contributed by atoms with van der Waals surface area (Å²) in [5.74, 6) is 0. The van der Waals surface area contributed by atoms with E-state index in [-0.39, 0.29) is 34.0 Å². The SMILES string of the molecule is C=CC[N+](C)(C)CC=C.C=CC[N+](C)(C)O.[Br-].[Cl-]. The van der Waals surface area contributed by atoms with Crippen LogP contribution in [0, 0.1) is 0 Å². The first-order chi connectivity index (χ1) is 7.18. The van der Waals surface area contributed by atoms with E-state index in [0.29, 0.717) is 6.54 Å². The number of quaternary nitrogens is 2. The fraction of sp³-hybridized carbons (Fsp3) is 0.538. The van der Waals surface area contributed by atoms with Crippen LogP contribution < -0.4 is 29.4 Å². The van der Waals surface area contributed by atoms with E-state index in [1.54, 1.807) is 20.2 Å². The van der Waals surface area contributed by atoms with E-state index in [9.17, 15) is 0 Å². The number of hydrogen-bond donors (Lipinski definition) is 1. The van der Waals surface area contributed by atoms with Gasteiger partial charge >= 0.3 is 0 Å². The van der Waals surface area contributed by atoms with Gasteiger partial charge in [-0.1, -0.05) is 19.7 Å². The zero-order valence-electron chi connectivity index (χ0n) is 12.1. The van der Waals surface area contributed by atoms with Crippen LogP contribution in [0.15, 0.2) is 38.0 Å². The molecule has 0 fully saturated rings. The summed E-state index contributed by atoms with van der Waals surface area (Å²) in [7, 11) is 7.70. The van der Waals surface area contributed by atoms with Crippen molar-refractivity contribution in [1.29, 1.82) is 0 Å². The highest BCUT2D eigenvalue weighted by atomic mass is 79.9. The Balaban J connectivity index is -0.000000100. The van der Waals surface area contributed by atoms with Gasteiger partial charge in [0.2, 0.25) is 0 Å². The molecule has 0 heterocycles. The Morgan fingerprint density at radius 3 is 1.22 bits per heavy atom. The second-order valence-electron chi connectivity index (χ2n) is 4.97. The predicted octanol–water partition coefficient (Wildman–Crippen LogP) is -3.92. The lowest BCUT2D eigenvalue weighted by Crippen LogP contribution is -3.00. The summed E-state index contributed by atoms with van der Waals surface area (Å²) in [4.78, 5) is 0. The summed E-state index contributed by atoms with van der Waals surface area (Å²) in [6.45, 7) is 13.4. The molecule has 0 spiro atoms. The van der Waals surface area contributed by atoms with Gasteiger partial charge in [-0.05, 0) is 18.2 Å². The molecule has 0 aromatic carbocycles. The fourth-order valence-corrected chi connectivity index (χ4v) is 1.09. The average Bonchev–Trinajstić information content (AvgIpc) is 2.01. The Kier molecular flexibility index (Phi) is 19.5. The summed E-state index contributed by atoms with van der Waals surface area (Å²) >= 11 is 0. The van der Waals surface area contributed by atoms with Crippen LogP contribution in [-0.2, 0) is 0 Å². The van der Waals surface area contributed by atoms with Gasteiger partial charge in [0.15, 0.2) is 0 Å². The van der Waals surface area contributed by atoms with Gasteiger partial charge in [-0.25, -0.2) is 5.21 Å². The maximum absolute atomic E-state index is 8.88. The van der Waals surface area contributed by atoms with Crippen molar-refractivity contribution < 1.29 is 43.7 Å². The number of likely N-dealkylation sites (N-methyl/N-ethyl adjacent to an activating group) is 2. The molecule has 18 heavy (non-hydrogen) atoms. The van der Waals surface area contributed by atoms with Crippen LogP contribution in [-0.4, -0.2) is 62.2 Å². The monoisotopic (exact) mass is 342 g/mol. The minimum atomic E-state index is -0.0243. The highest BCUT2D eigenvalue weighted by Gasteiger charge is 2.07. The molecular weight excluding hydrogens is 316 g/mol. The molecule has 110 valence electrons.